The fourth-order valence-electron chi connectivity index (χ4n) is 2.03. The van der Waals surface area contributed by atoms with Crippen molar-refractivity contribution in [3.63, 3.8) is 0 Å². The van der Waals surface area contributed by atoms with Crippen LogP contribution in [-0.2, 0) is 10.1 Å². The van der Waals surface area contributed by atoms with E-state index >= 15 is 0 Å². The molecule has 0 aliphatic heterocycles. The minimum Gasteiger partial charge on any atom is -0.464 e. The van der Waals surface area contributed by atoms with Crippen LogP contribution in [0.15, 0.2) is 28.9 Å². The number of rotatable bonds is 3. The molecule has 0 bridgehead atoms. The minimum absolute atomic E-state index is 0.291. The van der Waals surface area contributed by atoms with Gasteiger partial charge in [0.05, 0.1) is 14.3 Å². The fourth-order valence-corrected chi connectivity index (χ4v) is 4.46. The lowest BCUT2D eigenvalue weighted by Gasteiger charge is -2.21. The molecular formula is C12H13F3O4SSi. The van der Waals surface area contributed by atoms with Gasteiger partial charge in [0.2, 0.25) is 0 Å². The van der Waals surface area contributed by atoms with Crippen molar-refractivity contribution in [2.75, 3.05) is 0 Å². The van der Waals surface area contributed by atoms with E-state index in [0.717, 1.165) is 0 Å². The normalized spacial score (nSPS) is 13.6. The molecule has 2 aromatic rings. The van der Waals surface area contributed by atoms with Crippen molar-refractivity contribution in [1.82, 2.24) is 0 Å². The van der Waals surface area contributed by atoms with Crippen LogP contribution < -0.4 is 9.37 Å². The second kappa shape index (κ2) is 4.77. The van der Waals surface area contributed by atoms with Crippen LogP contribution in [0.2, 0.25) is 19.6 Å². The summed E-state index contributed by atoms with van der Waals surface area (Å²) in [7, 11) is -7.88. The highest BCUT2D eigenvalue weighted by atomic mass is 32.2. The Labute approximate surface area is 120 Å². The highest BCUT2D eigenvalue weighted by Gasteiger charge is 2.49. The Hall–Kier alpha value is -1.48. The Morgan fingerprint density at radius 1 is 1.14 bits per heavy atom. The van der Waals surface area contributed by atoms with Crippen molar-refractivity contribution < 1.29 is 30.2 Å². The van der Waals surface area contributed by atoms with Crippen molar-refractivity contribution in [1.29, 1.82) is 0 Å². The van der Waals surface area contributed by atoms with Gasteiger partial charge in [0.15, 0.2) is 0 Å². The first kappa shape index (κ1) is 15.9. The molecule has 0 saturated carbocycles. The number of fused-ring (bicyclic) bond motifs is 1. The smallest absolute Gasteiger partial charge is 0.464 e. The summed E-state index contributed by atoms with van der Waals surface area (Å²) in [5, 5.41) is 1.05. The predicted molar refractivity (Wildman–Crippen MR) is 74.8 cm³/mol. The Bertz CT molecular complexity index is 772. The highest BCUT2D eigenvalue weighted by Crippen LogP contribution is 2.30. The SMILES string of the molecule is C[Si](C)(C)c1c(OS(=O)(=O)C(F)(F)F)ccc2occc12. The van der Waals surface area contributed by atoms with Crippen LogP contribution in [0.5, 0.6) is 5.75 Å². The van der Waals surface area contributed by atoms with Gasteiger partial charge in [-0.2, -0.15) is 21.6 Å². The van der Waals surface area contributed by atoms with Crippen LogP contribution in [0.25, 0.3) is 11.0 Å². The van der Waals surface area contributed by atoms with Gasteiger partial charge in [-0.05, 0) is 23.4 Å². The van der Waals surface area contributed by atoms with Crippen LogP contribution in [-0.4, -0.2) is 22.0 Å². The molecule has 1 aromatic carbocycles. The van der Waals surface area contributed by atoms with E-state index in [2.05, 4.69) is 4.18 Å². The molecule has 0 aliphatic carbocycles. The molecule has 0 fully saturated rings. The topological polar surface area (TPSA) is 56.5 Å². The zero-order valence-corrected chi connectivity index (χ0v) is 13.3. The molecule has 0 radical (unpaired) electrons. The van der Waals surface area contributed by atoms with Crippen molar-refractivity contribution >= 4 is 34.3 Å². The van der Waals surface area contributed by atoms with E-state index in [1.54, 1.807) is 6.07 Å². The Morgan fingerprint density at radius 2 is 1.76 bits per heavy atom. The maximum absolute atomic E-state index is 12.5. The number of halogens is 3. The average Bonchev–Trinajstić information content (AvgIpc) is 2.72. The van der Waals surface area contributed by atoms with Gasteiger partial charge >= 0.3 is 15.6 Å². The van der Waals surface area contributed by atoms with E-state index in [9.17, 15) is 21.6 Å². The molecule has 9 heteroatoms. The summed E-state index contributed by atoms with van der Waals surface area (Å²) < 4.78 is 69.4. The second-order valence-electron chi connectivity index (χ2n) is 5.50. The molecule has 0 saturated heterocycles. The summed E-state index contributed by atoms with van der Waals surface area (Å²) >= 11 is 0. The van der Waals surface area contributed by atoms with Gasteiger partial charge in [-0.15, -0.1) is 0 Å². The molecule has 4 nitrogen and oxygen atoms in total. The van der Waals surface area contributed by atoms with E-state index in [4.69, 9.17) is 4.42 Å². The van der Waals surface area contributed by atoms with Crippen LogP contribution in [0, 0.1) is 0 Å². The molecule has 116 valence electrons. The molecule has 0 spiro atoms. The number of hydrogen-bond donors (Lipinski definition) is 0. The number of alkyl halides is 3. The summed E-state index contributed by atoms with van der Waals surface area (Å²) in [4.78, 5) is 0. The van der Waals surface area contributed by atoms with Gasteiger partial charge in [-0.25, -0.2) is 0 Å². The monoisotopic (exact) mass is 338 g/mol. The second-order valence-corrected chi connectivity index (χ2v) is 12.0. The Kier molecular flexibility index (Phi) is 3.61. The summed E-state index contributed by atoms with van der Waals surface area (Å²) in [5.74, 6) is -0.291. The summed E-state index contributed by atoms with van der Waals surface area (Å²) in [6.07, 6.45) is 1.40. The lowest BCUT2D eigenvalue weighted by Crippen LogP contribution is -2.40. The van der Waals surface area contributed by atoms with Crippen LogP contribution in [0.4, 0.5) is 13.2 Å². The lowest BCUT2D eigenvalue weighted by molar-refractivity contribution is -0.0499. The molecule has 0 amide bonds. The quantitative estimate of drug-likeness (QED) is 0.490. The van der Waals surface area contributed by atoms with Gasteiger partial charge < -0.3 is 8.60 Å². The number of furan rings is 1. The first-order valence-corrected chi connectivity index (χ1v) is 10.9. The third-order valence-corrected chi connectivity index (χ3v) is 5.81. The third kappa shape index (κ3) is 2.93. The van der Waals surface area contributed by atoms with Crippen molar-refractivity contribution in [2.24, 2.45) is 0 Å². The maximum atomic E-state index is 12.5. The predicted octanol–water partition coefficient (Wildman–Crippen LogP) is 3.21. The summed E-state index contributed by atoms with van der Waals surface area (Å²) in [6.45, 7) is 5.63. The molecule has 2 rings (SSSR count). The maximum Gasteiger partial charge on any atom is 0.534 e. The van der Waals surface area contributed by atoms with Crippen molar-refractivity contribution in [2.45, 2.75) is 25.1 Å². The van der Waals surface area contributed by atoms with Gasteiger partial charge in [0.1, 0.15) is 11.3 Å². The van der Waals surface area contributed by atoms with Crippen molar-refractivity contribution in [3.8, 4) is 5.75 Å². The van der Waals surface area contributed by atoms with Gasteiger partial charge in [0.25, 0.3) is 0 Å². The standard InChI is InChI=1S/C12H13F3O4SSi/c1-21(2,3)11-8-6-7-18-9(8)4-5-10(11)19-20(16,17)12(13,14)15/h4-7H,1-3H3. The third-order valence-electron chi connectivity index (χ3n) is 2.83. The summed E-state index contributed by atoms with van der Waals surface area (Å²) in [5.41, 5.74) is -4.99. The van der Waals surface area contributed by atoms with Gasteiger partial charge in [0, 0.05) is 5.39 Å². The first-order valence-electron chi connectivity index (χ1n) is 5.95. The van der Waals surface area contributed by atoms with Gasteiger partial charge in [-0.1, -0.05) is 19.6 Å². The van der Waals surface area contributed by atoms with Crippen LogP contribution in [0.1, 0.15) is 0 Å². The molecule has 1 heterocycles. The molecular weight excluding hydrogens is 325 g/mol. The molecule has 1 aromatic heterocycles. The zero-order chi connectivity index (χ0) is 16.1. The van der Waals surface area contributed by atoms with Gasteiger partial charge in [-0.3, -0.25) is 0 Å². The van der Waals surface area contributed by atoms with E-state index in [-0.39, 0.29) is 5.75 Å². The zero-order valence-electron chi connectivity index (χ0n) is 11.5. The minimum atomic E-state index is -5.69. The molecule has 0 atom stereocenters. The van der Waals surface area contributed by atoms with E-state index in [0.29, 0.717) is 16.2 Å². The number of hydrogen-bond acceptors (Lipinski definition) is 4. The van der Waals surface area contributed by atoms with Crippen LogP contribution in [0.3, 0.4) is 0 Å². The number of benzene rings is 1. The molecule has 0 N–H and O–H groups in total. The molecule has 0 aliphatic rings. The van der Waals surface area contributed by atoms with Crippen molar-refractivity contribution in [3.05, 3.63) is 24.5 Å². The lowest BCUT2D eigenvalue weighted by atomic mass is 10.2. The fraction of sp³-hybridized carbons (Fsp3) is 0.333. The van der Waals surface area contributed by atoms with E-state index in [1.165, 1.54) is 18.4 Å². The first-order chi connectivity index (χ1) is 9.43. The van der Waals surface area contributed by atoms with E-state index in [1.807, 2.05) is 19.6 Å². The highest BCUT2D eigenvalue weighted by molar-refractivity contribution is 7.88. The average molecular weight is 338 g/mol. The Morgan fingerprint density at radius 3 is 2.29 bits per heavy atom. The molecule has 0 unspecified atom stereocenters. The largest absolute Gasteiger partial charge is 0.534 e. The van der Waals surface area contributed by atoms with E-state index < -0.39 is 23.7 Å². The summed E-state index contributed by atoms with van der Waals surface area (Å²) in [6, 6.07) is 4.18. The van der Waals surface area contributed by atoms with Crippen LogP contribution >= 0.6 is 0 Å². The molecule has 21 heavy (non-hydrogen) atoms. The Balaban J connectivity index is 2.65.